The highest BCUT2D eigenvalue weighted by Gasteiger charge is 2.45. The largest absolute Gasteiger partial charge is 0.351 e. The van der Waals surface area contributed by atoms with Crippen LogP contribution < -0.4 is 11.1 Å². The Morgan fingerprint density at radius 1 is 1.50 bits per heavy atom. The number of urea groups is 1. The molecule has 1 fully saturated rings. The van der Waals surface area contributed by atoms with Gasteiger partial charge in [0.2, 0.25) is 5.91 Å². The summed E-state index contributed by atoms with van der Waals surface area (Å²) in [4.78, 5) is 21.1. The minimum absolute atomic E-state index is 0.250. The van der Waals surface area contributed by atoms with Crippen molar-refractivity contribution in [3.05, 3.63) is 0 Å². The number of nitrogens with one attached hydrogen (secondary N) is 1. The number of imide groups is 1. The number of hydrogen-bond donors (Lipinski definition) is 2. The zero-order valence-corrected chi connectivity index (χ0v) is 5.81. The molecule has 0 aromatic rings. The Hall–Kier alpha value is -1.06. The summed E-state index contributed by atoms with van der Waals surface area (Å²) in [6.07, 6.45) is 1.71. The zero-order valence-electron chi connectivity index (χ0n) is 5.81. The van der Waals surface area contributed by atoms with Crippen molar-refractivity contribution in [2.24, 2.45) is 11.1 Å². The molecule has 1 aliphatic carbocycles. The van der Waals surface area contributed by atoms with Crippen molar-refractivity contribution in [1.29, 1.82) is 0 Å². The molecule has 1 rings (SSSR count). The first-order valence-corrected chi connectivity index (χ1v) is 3.15. The number of nitrogens with two attached hydrogens (primary N) is 1. The van der Waals surface area contributed by atoms with Crippen LogP contribution >= 0.6 is 0 Å². The van der Waals surface area contributed by atoms with E-state index in [2.05, 4.69) is 0 Å². The van der Waals surface area contributed by atoms with Gasteiger partial charge in [0.15, 0.2) is 0 Å². The lowest BCUT2D eigenvalue weighted by Crippen LogP contribution is -2.39. The normalized spacial score (nSPS) is 19.7. The lowest BCUT2D eigenvalue weighted by molar-refractivity contribution is -0.124. The summed E-state index contributed by atoms with van der Waals surface area (Å²) < 4.78 is 0. The topological polar surface area (TPSA) is 72.2 Å². The van der Waals surface area contributed by atoms with Gasteiger partial charge in [0.05, 0.1) is 0 Å². The van der Waals surface area contributed by atoms with Crippen molar-refractivity contribution in [3.8, 4) is 0 Å². The lowest BCUT2D eigenvalue weighted by atomic mass is 10.1. The second-order valence-corrected chi connectivity index (χ2v) is 2.88. The van der Waals surface area contributed by atoms with E-state index in [1.165, 1.54) is 0 Å². The molecule has 0 aliphatic heterocycles. The van der Waals surface area contributed by atoms with Crippen molar-refractivity contribution in [2.75, 3.05) is 0 Å². The average molecular weight is 142 g/mol. The Morgan fingerprint density at radius 3 is 2.30 bits per heavy atom. The van der Waals surface area contributed by atoms with Gasteiger partial charge in [-0.1, -0.05) is 6.92 Å². The van der Waals surface area contributed by atoms with Gasteiger partial charge in [-0.15, -0.1) is 0 Å². The van der Waals surface area contributed by atoms with Crippen LogP contribution in [0.15, 0.2) is 0 Å². The highest BCUT2D eigenvalue weighted by molar-refractivity contribution is 5.97. The summed E-state index contributed by atoms with van der Waals surface area (Å²) in [5, 5.41) is 2.05. The van der Waals surface area contributed by atoms with Crippen LogP contribution in [0.1, 0.15) is 19.8 Å². The third-order valence-electron chi connectivity index (χ3n) is 1.78. The van der Waals surface area contributed by atoms with E-state index in [1.807, 2.05) is 12.2 Å². The molecule has 3 amide bonds. The third-order valence-corrected chi connectivity index (χ3v) is 1.78. The van der Waals surface area contributed by atoms with Crippen LogP contribution in [-0.4, -0.2) is 11.9 Å². The Morgan fingerprint density at radius 2 is 2.00 bits per heavy atom. The van der Waals surface area contributed by atoms with E-state index in [0.29, 0.717) is 0 Å². The van der Waals surface area contributed by atoms with Gasteiger partial charge in [0, 0.05) is 5.41 Å². The number of carbonyl (C=O) groups excluding carboxylic acids is 2. The molecule has 0 heterocycles. The molecule has 56 valence electrons. The lowest BCUT2D eigenvalue weighted by Gasteiger charge is -2.04. The fourth-order valence-electron chi connectivity index (χ4n) is 0.677. The van der Waals surface area contributed by atoms with Crippen molar-refractivity contribution in [2.45, 2.75) is 19.8 Å². The summed E-state index contributed by atoms with van der Waals surface area (Å²) in [5.41, 5.74) is 4.44. The molecule has 0 aromatic carbocycles. The second-order valence-electron chi connectivity index (χ2n) is 2.88. The summed E-state index contributed by atoms with van der Waals surface area (Å²) in [7, 11) is 0. The molecule has 4 heteroatoms. The minimum Gasteiger partial charge on any atom is -0.351 e. The highest BCUT2D eigenvalue weighted by atomic mass is 16.2. The van der Waals surface area contributed by atoms with Crippen molar-refractivity contribution in [1.82, 2.24) is 5.32 Å². The van der Waals surface area contributed by atoms with Gasteiger partial charge in [-0.25, -0.2) is 4.79 Å². The van der Waals surface area contributed by atoms with E-state index < -0.39 is 6.03 Å². The van der Waals surface area contributed by atoms with E-state index in [0.717, 1.165) is 12.8 Å². The molecule has 3 N–H and O–H groups in total. The van der Waals surface area contributed by atoms with E-state index in [4.69, 9.17) is 5.73 Å². The van der Waals surface area contributed by atoms with Gasteiger partial charge in [-0.05, 0) is 12.8 Å². The quantitative estimate of drug-likeness (QED) is 0.540. The van der Waals surface area contributed by atoms with Crippen molar-refractivity contribution < 1.29 is 9.59 Å². The van der Waals surface area contributed by atoms with E-state index in [1.54, 1.807) is 0 Å². The van der Waals surface area contributed by atoms with Gasteiger partial charge >= 0.3 is 6.03 Å². The number of primary amides is 1. The molecule has 4 nitrogen and oxygen atoms in total. The third kappa shape index (κ3) is 1.26. The molecule has 0 unspecified atom stereocenters. The van der Waals surface area contributed by atoms with E-state index in [9.17, 15) is 9.59 Å². The second kappa shape index (κ2) is 1.97. The molecular formula is C6H10N2O2. The first-order valence-electron chi connectivity index (χ1n) is 3.15. The van der Waals surface area contributed by atoms with Gasteiger partial charge in [0.1, 0.15) is 0 Å². The van der Waals surface area contributed by atoms with Crippen LogP contribution in [0.4, 0.5) is 4.79 Å². The molecule has 0 spiro atoms. The van der Waals surface area contributed by atoms with Gasteiger partial charge < -0.3 is 5.73 Å². The Balaban J connectivity index is 2.43. The van der Waals surface area contributed by atoms with Crippen LogP contribution in [0, 0.1) is 5.41 Å². The summed E-state index contributed by atoms with van der Waals surface area (Å²) in [6.45, 7) is 1.81. The first kappa shape index (κ1) is 7.05. The van der Waals surface area contributed by atoms with Crippen LogP contribution in [0.5, 0.6) is 0 Å². The maximum Gasteiger partial charge on any atom is 0.318 e. The maximum absolute atomic E-state index is 10.9. The highest BCUT2D eigenvalue weighted by Crippen LogP contribution is 2.44. The predicted octanol–water partition coefficient (Wildman–Crippen LogP) is -0.0186. The van der Waals surface area contributed by atoms with E-state index >= 15 is 0 Å². The maximum atomic E-state index is 10.9. The van der Waals surface area contributed by atoms with Crippen LogP contribution in [0.2, 0.25) is 0 Å². The average Bonchev–Trinajstić information content (AvgIpc) is 2.47. The zero-order chi connectivity index (χ0) is 7.78. The first-order chi connectivity index (χ1) is 4.54. The van der Waals surface area contributed by atoms with Crippen molar-refractivity contribution >= 4 is 11.9 Å². The van der Waals surface area contributed by atoms with Gasteiger partial charge in [0.25, 0.3) is 0 Å². The molecule has 0 saturated heterocycles. The fraction of sp³-hybridized carbons (Fsp3) is 0.667. The minimum atomic E-state index is -0.766. The molecule has 10 heavy (non-hydrogen) atoms. The molecule has 1 saturated carbocycles. The SMILES string of the molecule is CC1(C(=O)NC(N)=O)CC1. The molecule has 1 aliphatic rings. The van der Waals surface area contributed by atoms with Crippen LogP contribution in [0.25, 0.3) is 0 Å². The van der Waals surface area contributed by atoms with Gasteiger partial charge in [-0.3, -0.25) is 10.1 Å². The van der Waals surface area contributed by atoms with Gasteiger partial charge in [-0.2, -0.15) is 0 Å². The number of amides is 3. The smallest absolute Gasteiger partial charge is 0.318 e. The molecule has 0 radical (unpaired) electrons. The summed E-state index contributed by atoms with van der Waals surface area (Å²) in [5.74, 6) is -0.250. The molecular weight excluding hydrogens is 132 g/mol. The predicted molar refractivity (Wildman–Crippen MR) is 35.1 cm³/mol. The summed E-state index contributed by atoms with van der Waals surface area (Å²) in [6, 6.07) is -0.766. The summed E-state index contributed by atoms with van der Waals surface area (Å²) >= 11 is 0. The monoisotopic (exact) mass is 142 g/mol. The number of hydrogen-bond acceptors (Lipinski definition) is 2. The van der Waals surface area contributed by atoms with Crippen LogP contribution in [0.3, 0.4) is 0 Å². The molecule has 0 atom stereocenters. The Bertz CT molecular complexity index is 184. The number of rotatable bonds is 1. The Kier molecular flexibility index (Phi) is 1.39. The fourth-order valence-corrected chi connectivity index (χ4v) is 0.677. The molecule has 0 bridgehead atoms. The van der Waals surface area contributed by atoms with Crippen molar-refractivity contribution in [3.63, 3.8) is 0 Å². The number of carbonyl (C=O) groups is 2. The molecule has 0 aromatic heterocycles. The van der Waals surface area contributed by atoms with E-state index in [-0.39, 0.29) is 11.3 Å². The Labute approximate surface area is 58.8 Å². The standard InChI is InChI=1S/C6H10N2O2/c1-6(2-3-6)4(9)8-5(7)10/h2-3H2,1H3,(H3,7,8,9,10). The van der Waals surface area contributed by atoms with Crippen LogP contribution in [-0.2, 0) is 4.79 Å².